The Morgan fingerprint density at radius 2 is 1.73 bits per heavy atom. The van der Waals surface area contributed by atoms with E-state index in [0.717, 1.165) is 6.42 Å². The molecule has 0 radical (unpaired) electrons. The fourth-order valence-corrected chi connectivity index (χ4v) is 3.21. The summed E-state index contributed by atoms with van der Waals surface area (Å²) in [5.41, 5.74) is 4.38. The van der Waals surface area contributed by atoms with Gasteiger partial charge in [0.05, 0.1) is 0 Å². The van der Waals surface area contributed by atoms with Crippen LogP contribution >= 0.6 is 11.8 Å². The third-order valence-electron chi connectivity index (χ3n) is 2.93. The first kappa shape index (κ1) is 9.05. The van der Waals surface area contributed by atoms with Gasteiger partial charge in [0.2, 0.25) is 0 Å². The lowest BCUT2D eigenvalue weighted by Gasteiger charge is -2.20. The molecule has 1 aliphatic rings. The van der Waals surface area contributed by atoms with Crippen molar-refractivity contribution in [1.29, 1.82) is 0 Å². The number of aryl methyl sites for hydroxylation is 1. The molecular formula is C14H12S. The van der Waals surface area contributed by atoms with Crippen LogP contribution < -0.4 is 0 Å². The first-order valence-electron chi connectivity index (χ1n) is 5.19. The highest BCUT2D eigenvalue weighted by Gasteiger charge is 2.16. The van der Waals surface area contributed by atoms with Crippen molar-refractivity contribution in [1.82, 2.24) is 0 Å². The van der Waals surface area contributed by atoms with Crippen molar-refractivity contribution < 1.29 is 0 Å². The molecule has 1 aliphatic heterocycles. The molecule has 74 valence electrons. The first-order valence-corrected chi connectivity index (χ1v) is 6.00. The number of hydrogen-bond donors (Lipinski definition) is 0. The molecule has 0 atom stereocenters. The minimum atomic E-state index is 1.09. The highest BCUT2D eigenvalue weighted by Crippen LogP contribution is 2.40. The van der Waals surface area contributed by atoms with Gasteiger partial charge in [0.15, 0.2) is 0 Å². The molecule has 1 heterocycles. The highest BCUT2D eigenvalue weighted by molar-refractivity contribution is 7.99. The van der Waals surface area contributed by atoms with Gasteiger partial charge < -0.3 is 0 Å². The van der Waals surface area contributed by atoms with Crippen LogP contribution in [0, 0.1) is 6.92 Å². The fraction of sp³-hybridized carbons (Fsp3) is 0.143. The van der Waals surface area contributed by atoms with Gasteiger partial charge in [-0.3, -0.25) is 0 Å². The number of hydrogen-bond acceptors (Lipinski definition) is 1. The maximum atomic E-state index is 2.23. The van der Waals surface area contributed by atoms with E-state index in [4.69, 9.17) is 0 Å². The first-order chi connectivity index (χ1) is 7.34. The molecule has 0 saturated heterocycles. The molecule has 0 fully saturated rings. The Kier molecular flexibility index (Phi) is 2.06. The van der Waals surface area contributed by atoms with Gasteiger partial charge >= 0.3 is 0 Å². The molecule has 0 saturated carbocycles. The lowest BCUT2D eigenvalue weighted by molar-refractivity contribution is 1.03. The van der Waals surface area contributed by atoms with Crippen molar-refractivity contribution in [2.75, 3.05) is 0 Å². The maximum Gasteiger partial charge on any atom is 0.0160 e. The zero-order chi connectivity index (χ0) is 10.3. The molecule has 0 bridgehead atoms. The molecule has 0 nitrogen and oxygen atoms in total. The van der Waals surface area contributed by atoms with Crippen molar-refractivity contribution in [3.63, 3.8) is 0 Å². The van der Waals surface area contributed by atoms with Crippen molar-refractivity contribution in [3.05, 3.63) is 59.2 Å². The second-order valence-corrected chi connectivity index (χ2v) is 5.02. The van der Waals surface area contributed by atoms with Crippen molar-refractivity contribution >= 4 is 11.8 Å². The molecule has 0 aromatic heterocycles. The van der Waals surface area contributed by atoms with Crippen LogP contribution in [0.1, 0.15) is 16.7 Å². The van der Waals surface area contributed by atoms with Gasteiger partial charge in [0.25, 0.3) is 0 Å². The summed E-state index contributed by atoms with van der Waals surface area (Å²) in [6, 6.07) is 15.3. The number of benzene rings is 2. The largest absolute Gasteiger partial charge is 0.0895 e. The van der Waals surface area contributed by atoms with Crippen LogP contribution in [0.5, 0.6) is 0 Å². The SMILES string of the molecule is Cc1cccc2c1Cc1ccccc1S2. The van der Waals surface area contributed by atoms with E-state index >= 15 is 0 Å². The van der Waals surface area contributed by atoms with Gasteiger partial charge in [-0.25, -0.2) is 0 Å². The Morgan fingerprint density at radius 1 is 0.933 bits per heavy atom. The number of fused-ring (bicyclic) bond motifs is 2. The van der Waals surface area contributed by atoms with E-state index in [-0.39, 0.29) is 0 Å². The van der Waals surface area contributed by atoms with Gasteiger partial charge in [0.1, 0.15) is 0 Å². The lowest BCUT2D eigenvalue weighted by Crippen LogP contribution is -2.01. The molecule has 3 rings (SSSR count). The van der Waals surface area contributed by atoms with E-state index in [2.05, 4.69) is 49.4 Å². The van der Waals surface area contributed by atoms with E-state index in [1.54, 1.807) is 0 Å². The molecule has 0 aliphatic carbocycles. The Balaban J connectivity index is 2.15. The number of rotatable bonds is 0. The minimum absolute atomic E-state index is 1.09. The molecule has 1 heteroatoms. The fourth-order valence-electron chi connectivity index (χ4n) is 2.06. The third-order valence-corrected chi connectivity index (χ3v) is 4.15. The normalized spacial score (nSPS) is 13.1. The predicted octanol–water partition coefficient (Wildman–Crippen LogP) is 4.05. The van der Waals surface area contributed by atoms with E-state index < -0.39 is 0 Å². The summed E-state index contributed by atoms with van der Waals surface area (Å²) < 4.78 is 0. The molecule has 2 aromatic carbocycles. The van der Waals surface area contributed by atoms with Crippen molar-refractivity contribution in [3.8, 4) is 0 Å². The standard InChI is InChI=1S/C14H12S/c1-10-5-4-8-14-12(10)9-11-6-2-3-7-13(11)15-14/h2-8H,9H2,1H3. The Labute approximate surface area is 94.3 Å². The van der Waals surface area contributed by atoms with Crippen LogP contribution in [-0.2, 0) is 6.42 Å². The monoisotopic (exact) mass is 212 g/mol. The minimum Gasteiger partial charge on any atom is -0.0895 e. The van der Waals surface area contributed by atoms with Crippen LogP contribution in [0.4, 0.5) is 0 Å². The Morgan fingerprint density at radius 3 is 2.67 bits per heavy atom. The zero-order valence-corrected chi connectivity index (χ0v) is 9.47. The average Bonchev–Trinajstić information content (AvgIpc) is 2.27. The van der Waals surface area contributed by atoms with Crippen LogP contribution in [0.3, 0.4) is 0 Å². The Hall–Kier alpha value is -1.21. The van der Waals surface area contributed by atoms with Crippen LogP contribution in [0.15, 0.2) is 52.3 Å². The van der Waals surface area contributed by atoms with Gasteiger partial charge in [-0.15, -0.1) is 0 Å². The Bertz CT molecular complexity index is 514. The summed E-state index contributed by atoms with van der Waals surface area (Å²) in [4.78, 5) is 2.84. The zero-order valence-electron chi connectivity index (χ0n) is 8.66. The average molecular weight is 212 g/mol. The van der Waals surface area contributed by atoms with E-state index in [9.17, 15) is 0 Å². The third kappa shape index (κ3) is 1.47. The van der Waals surface area contributed by atoms with Gasteiger partial charge in [0, 0.05) is 9.79 Å². The van der Waals surface area contributed by atoms with Gasteiger partial charge in [-0.1, -0.05) is 42.1 Å². The second kappa shape index (κ2) is 3.42. The summed E-state index contributed by atoms with van der Waals surface area (Å²) in [5.74, 6) is 0. The molecule has 0 amide bonds. The molecule has 0 spiro atoms. The molecule has 2 aromatic rings. The molecular weight excluding hydrogens is 200 g/mol. The van der Waals surface area contributed by atoms with E-state index in [1.807, 2.05) is 11.8 Å². The van der Waals surface area contributed by atoms with Crippen molar-refractivity contribution in [2.24, 2.45) is 0 Å². The molecule has 0 unspecified atom stereocenters. The summed E-state index contributed by atoms with van der Waals surface area (Å²) in [6.45, 7) is 2.20. The molecule has 0 N–H and O–H groups in total. The van der Waals surface area contributed by atoms with Crippen molar-refractivity contribution in [2.45, 2.75) is 23.1 Å². The maximum absolute atomic E-state index is 2.23. The summed E-state index contributed by atoms with van der Waals surface area (Å²) in [6.07, 6.45) is 1.09. The smallest absolute Gasteiger partial charge is 0.0160 e. The highest BCUT2D eigenvalue weighted by atomic mass is 32.2. The van der Waals surface area contributed by atoms with Crippen LogP contribution in [0.25, 0.3) is 0 Å². The van der Waals surface area contributed by atoms with Crippen LogP contribution in [-0.4, -0.2) is 0 Å². The quantitative estimate of drug-likeness (QED) is 0.541. The predicted molar refractivity (Wildman–Crippen MR) is 64.6 cm³/mol. The summed E-state index contributed by atoms with van der Waals surface area (Å²) >= 11 is 1.90. The molecule has 15 heavy (non-hydrogen) atoms. The van der Waals surface area contributed by atoms with E-state index in [0.29, 0.717) is 0 Å². The van der Waals surface area contributed by atoms with Gasteiger partial charge in [-0.2, -0.15) is 0 Å². The topological polar surface area (TPSA) is 0 Å². The summed E-state index contributed by atoms with van der Waals surface area (Å²) in [7, 11) is 0. The van der Waals surface area contributed by atoms with Crippen LogP contribution in [0.2, 0.25) is 0 Å². The lowest BCUT2D eigenvalue weighted by atomic mass is 10.00. The second-order valence-electron chi connectivity index (χ2n) is 3.94. The summed E-state index contributed by atoms with van der Waals surface area (Å²) in [5, 5.41) is 0. The van der Waals surface area contributed by atoms with E-state index in [1.165, 1.54) is 26.5 Å². The van der Waals surface area contributed by atoms with Gasteiger partial charge in [-0.05, 0) is 42.2 Å².